The minimum Gasteiger partial charge on any atom is -0.468 e. The predicted molar refractivity (Wildman–Crippen MR) is 98.8 cm³/mol. The van der Waals surface area contributed by atoms with E-state index in [1.807, 2.05) is 0 Å². The summed E-state index contributed by atoms with van der Waals surface area (Å²) >= 11 is 5.82. The summed E-state index contributed by atoms with van der Waals surface area (Å²) in [7, 11) is -3.87. The van der Waals surface area contributed by atoms with Crippen LogP contribution < -0.4 is 5.32 Å². The standard InChI is InChI=1S/C19H15ClFNO4S/c20-14-6-8-16(9-7-14)27(24,25)18(17-5-2-10-26-17)12-22-19(23)13-3-1-4-15(21)11-13/h1-11,18H,12H2,(H,22,23). The lowest BCUT2D eigenvalue weighted by Crippen LogP contribution is -2.31. The number of halogens is 2. The lowest BCUT2D eigenvalue weighted by atomic mass is 10.2. The molecule has 1 heterocycles. The Kier molecular flexibility index (Phi) is 5.62. The maximum Gasteiger partial charge on any atom is 0.251 e. The molecule has 1 N–H and O–H groups in total. The number of hydrogen-bond acceptors (Lipinski definition) is 4. The van der Waals surface area contributed by atoms with Gasteiger partial charge in [0.2, 0.25) is 0 Å². The summed E-state index contributed by atoms with van der Waals surface area (Å²) in [5, 5.41) is 1.79. The summed E-state index contributed by atoms with van der Waals surface area (Å²) in [4.78, 5) is 12.3. The van der Waals surface area contributed by atoms with E-state index in [-0.39, 0.29) is 22.8 Å². The molecular weight excluding hydrogens is 393 g/mol. The molecule has 140 valence electrons. The van der Waals surface area contributed by atoms with Gasteiger partial charge in [0, 0.05) is 17.1 Å². The third-order valence-corrected chi connectivity index (χ3v) is 6.24. The third-order valence-electron chi connectivity index (χ3n) is 3.91. The van der Waals surface area contributed by atoms with Crippen LogP contribution >= 0.6 is 11.6 Å². The summed E-state index contributed by atoms with van der Waals surface area (Å²) < 4.78 is 44.6. The molecule has 0 fully saturated rings. The second-order valence-electron chi connectivity index (χ2n) is 5.72. The van der Waals surface area contributed by atoms with Crippen molar-refractivity contribution < 1.29 is 22.0 Å². The molecule has 1 aromatic heterocycles. The van der Waals surface area contributed by atoms with Gasteiger partial charge in [-0.05, 0) is 54.6 Å². The van der Waals surface area contributed by atoms with Crippen LogP contribution in [0.4, 0.5) is 4.39 Å². The fraction of sp³-hybridized carbons (Fsp3) is 0.105. The average molecular weight is 408 g/mol. The van der Waals surface area contributed by atoms with Gasteiger partial charge in [-0.2, -0.15) is 0 Å². The van der Waals surface area contributed by atoms with E-state index in [0.29, 0.717) is 5.02 Å². The van der Waals surface area contributed by atoms with Gasteiger partial charge < -0.3 is 9.73 Å². The molecule has 3 rings (SSSR count). The first-order valence-electron chi connectivity index (χ1n) is 7.94. The predicted octanol–water partition coefficient (Wildman–Crippen LogP) is 4.02. The number of sulfone groups is 1. The molecule has 2 aromatic carbocycles. The van der Waals surface area contributed by atoms with Gasteiger partial charge in [-0.1, -0.05) is 17.7 Å². The molecule has 0 aliphatic heterocycles. The van der Waals surface area contributed by atoms with Crippen LogP contribution in [0.5, 0.6) is 0 Å². The van der Waals surface area contributed by atoms with Crippen molar-refractivity contribution in [2.24, 2.45) is 0 Å². The van der Waals surface area contributed by atoms with E-state index >= 15 is 0 Å². The number of rotatable bonds is 6. The van der Waals surface area contributed by atoms with Crippen LogP contribution in [0, 0.1) is 5.82 Å². The molecule has 0 aliphatic rings. The lowest BCUT2D eigenvalue weighted by molar-refractivity contribution is 0.0952. The topological polar surface area (TPSA) is 76.4 Å². The number of benzene rings is 2. The summed E-state index contributed by atoms with van der Waals surface area (Å²) in [6.07, 6.45) is 1.36. The largest absolute Gasteiger partial charge is 0.468 e. The SMILES string of the molecule is O=C(NCC(c1ccco1)S(=O)(=O)c1ccc(Cl)cc1)c1cccc(F)c1. The van der Waals surface area contributed by atoms with Crippen LogP contribution in [0.3, 0.4) is 0 Å². The zero-order chi connectivity index (χ0) is 19.4. The molecule has 0 radical (unpaired) electrons. The second-order valence-corrected chi connectivity index (χ2v) is 8.29. The van der Waals surface area contributed by atoms with E-state index in [4.69, 9.17) is 16.0 Å². The molecule has 27 heavy (non-hydrogen) atoms. The molecule has 0 saturated carbocycles. The van der Waals surface area contributed by atoms with Crippen LogP contribution in [0.15, 0.2) is 76.2 Å². The minimum absolute atomic E-state index is 0.0494. The maximum atomic E-state index is 13.3. The first-order chi connectivity index (χ1) is 12.9. The molecule has 0 aliphatic carbocycles. The lowest BCUT2D eigenvalue weighted by Gasteiger charge is -2.17. The zero-order valence-corrected chi connectivity index (χ0v) is 15.5. The van der Waals surface area contributed by atoms with Crippen molar-refractivity contribution in [2.75, 3.05) is 6.54 Å². The van der Waals surface area contributed by atoms with Gasteiger partial charge in [0.05, 0.1) is 11.2 Å². The molecular formula is C19H15ClFNO4S. The van der Waals surface area contributed by atoms with E-state index in [1.165, 1.54) is 54.8 Å². The van der Waals surface area contributed by atoms with Crippen LogP contribution in [0.2, 0.25) is 5.02 Å². The molecule has 5 nitrogen and oxygen atoms in total. The molecule has 0 spiro atoms. The summed E-state index contributed by atoms with van der Waals surface area (Å²) in [5.74, 6) is -0.958. The summed E-state index contributed by atoms with van der Waals surface area (Å²) in [5.41, 5.74) is 0.0945. The van der Waals surface area contributed by atoms with Crippen molar-refractivity contribution >= 4 is 27.3 Å². The fourth-order valence-corrected chi connectivity index (χ4v) is 4.26. The van der Waals surface area contributed by atoms with E-state index < -0.39 is 26.8 Å². The molecule has 0 saturated heterocycles. The van der Waals surface area contributed by atoms with Gasteiger partial charge in [0.1, 0.15) is 16.8 Å². The fourth-order valence-electron chi connectivity index (χ4n) is 2.54. The zero-order valence-electron chi connectivity index (χ0n) is 13.9. The quantitative estimate of drug-likeness (QED) is 0.669. The number of nitrogens with one attached hydrogen (secondary N) is 1. The second kappa shape index (κ2) is 7.94. The normalized spacial score (nSPS) is 12.5. The van der Waals surface area contributed by atoms with Gasteiger partial charge in [-0.15, -0.1) is 0 Å². The van der Waals surface area contributed by atoms with Crippen LogP contribution in [0.25, 0.3) is 0 Å². The van der Waals surface area contributed by atoms with E-state index in [0.717, 1.165) is 6.07 Å². The Balaban J connectivity index is 1.86. The summed E-state index contributed by atoms with van der Waals surface area (Å²) in [6.45, 7) is -0.242. The Hall–Kier alpha value is -2.64. The maximum absolute atomic E-state index is 13.3. The minimum atomic E-state index is -3.87. The number of amides is 1. The number of carbonyl (C=O) groups excluding carboxylic acids is 1. The number of carbonyl (C=O) groups is 1. The van der Waals surface area contributed by atoms with Crippen molar-refractivity contribution in [3.63, 3.8) is 0 Å². The van der Waals surface area contributed by atoms with Crippen molar-refractivity contribution in [3.8, 4) is 0 Å². The van der Waals surface area contributed by atoms with Gasteiger partial charge in [0.25, 0.3) is 5.91 Å². The third kappa shape index (κ3) is 4.37. The van der Waals surface area contributed by atoms with Gasteiger partial charge in [-0.3, -0.25) is 4.79 Å². The highest BCUT2D eigenvalue weighted by atomic mass is 35.5. The van der Waals surface area contributed by atoms with Crippen molar-refractivity contribution in [1.82, 2.24) is 5.32 Å². The van der Waals surface area contributed by atoms with Crippen molar-refractivity contribution in [1.29, 1.82) is 0 Å². The Morgan fingerprint density at radius 3 is 2.48 bits per heavy atom. The Labute approximate surface area is 160 Å². The van der Waals surface area contributed by atoms with E-state index in [1.54, 1.807) is 6.07 Å². The smallest absolute Gasteiger partial charge is 0.251 e. The Bertz CT molecular complexity index is 1030. The van der Waals surface area contributed by atoms with Crippen LogP contribution in [0.1, 0.15) is 21.4 Å². The van der Waals surface area contributed by atoms with E-state index in [2.05, 4.69) is 5.32 Å². The molecule has 1 amide bonds. The summed E-state index contributed by atoms with van der Waals surface area (Å²) in [6, 6.07) is 13.9. The molecule has 3 aromatic rings. The molecule has 0 bridgehead atoms. The highest BCUT2D eigenvalue weighted by Gasteiger charge is 2.32. The first kappa shape index (κ1) is 19.1. The first-order valence-corrected chi connectivity index (χ1v) is 9.87. The molecule has 1 atom stereocenters. The average Bonchev–Trinajstić information content (AvgIpc) is 3.16. The van der Waals surface area contributed by atoms with Gasteiger partial charge in [-0.25, -0.2) is 12.8 Å². The van der Waals surface area contributed by atoms with Gasteiger partial charge >= 0.3 is 0 Å². The highest BCUT2D eigenvalue weighted by Crippen LogP contribution is 2.29. The van der Waals surface area contributed by atoms with Crippen molar-refractivity contribution in [3.05, 3.63) is 89.1 Å². The Morgan fingerprint density at radius 2 is 1.85 bits per heavy atom. The van der Waals surface area contributed by atoms with Crippen LogP contribution in [-0.4, -0.2) is 20.9 Å². The Morgan fingerprint density at radius 1 is 1.11 bits per heavy atom. The number of furan rings is 1. The highest BCUT2D eigenvalue weighted by molar-refractivity contribution is 7.91. The van der Waals surface area contributed by atoms with E-state index in [9.17, 15) is 17.6 Å². The van der Waals surface area contributed by atoms with Gasteiger partial charge in [0.15, 0.2) is 9.84 Å². The number of hydrogen-bond donors (Lipinski definition) is 1. The molecule has 1 unspecified atom stereocenters. The van der Waals surface area contributed by atoms with Crippen molar-refractivity contribution in [2.45, 2.75) is 10.1 Å². The molecule has 8 heteroatoms. The monoisotopic (exact) mass is 407 g/mol. The van der Waals surface area contributed by atoms with Crippen LogP contribution in [-0.2, 0) is 9.84 Å².